The van der Waals surface area contributed by atoms with E-state index in [4.69, 9.17) is 0 Å². The van der Waals surface area contributed by atoms with Gasteiger partial charge < -0.3 is 10.2 Å². The summed E-state index contributed by atoms with van der Waals surface area (Å²) in [6, 6.07) is 12.2. The number of para-hydroxylation sites is 1. The zero-order valence-electron chi connectivity index (χ0n) is 13.4. The van der Waals surface area contributed by atoms with E-state index in [0.717, 1.165) is 25.2 Å². The van der Waals surface area contributed by atoms with Crippen molar-refractivity contribution >= 4 is 11.6 Å². The fourth-order valence-electron chi connectivity index (χ4n) is 2.85. The SMILES string of the molecule is CN1CCN(CC(=O)NCc2cccnc2)Cc2ccccc21. The number of rotatable bonds is 4. The number of carbonyl (C=O) groups excluding carboxylic acids is 1. The summed E-state index contributed by atoms with van der Waals surface area (Å²) in [4.78, 5) is 20.7. The van der Waals surface area contributed by atoms with Crippen LogP contribution in [0, 0.1) is 0 Å². The number of anilines is 1. The van der Waals surface area contributed by atoms with E-state index in [1.165, 1.54) is 11.3 Å². The average Bonchev–Trinajstić information content (AvgIpc) is 2.74. The molecule has 0 atom stereocenters. The highest BCUT2D eigenvalue weighted by Gasteiger charge is 2.18. The van der Waals surface area contributed by atoms with Gasteiger partial charge in [-0.3, -0.25) is 14.7 Å². The van der Waals surface area contributed by atoms with E-state index in [2.05, 4.69) is 51.4 Å². The van der Waals surface area contributed by atoms with Crippen LogP contribution in [-0.4, -0.2) is 42.5 Å². The lowest BCUT2D eigenvalue weighted by Crippen LogP contribution is -2.38. The van der Waals surface area contributed by atoms with Crippen LogP contribution < -0.4 is 10.2 Å². The molecular formula is C18H22N4O. The first kappa shape index (κ1) is 15.5. The van der Waals surface area contributed by atoms with Crippen LogP contribution in [0.3, 0.4) is 0 Å². The molecule has 0 saturated carbocycles. The molecule has 1 amide bonds. The summed E-state index contributed by atoms with van der Waals surface area (Å²) in [6.45, 7) is 3.55. The van der Waals surface area contributed by atoms with Gasteiger partial charge in [-0.1, -0.05) is 24.3 Å². The van der Waals surface area contributed by atoms with Gasteiger partial charge >= 0.3 is 0 Å². The van der Waals surface area contributed by atoms with Gasteiger partial charge in [0, 0.05) is 51.3 Å². The third-order valence-electron chi connectivity index (χ3n) is 4.13. The Bertz CT molecular complexity index is 659. The molecule has 0 unspecified atom stereocenters. The Morgan fingerprint density at radius 1 is 1.22 bits per heavy atom. The predicted molar refractivity (Wildman–Crippen MR) is 91.1 cm³/mol. The largest absolute Gasteiger partial charge is 0.373 e. The first-order valence-electron chi connectivity index (χ1n) is 7.89. The summed E-state index contributed by atoms with van der Waals surface area (Å²) in [7, 11) is 2.10. The standard InChI is InChI=1S/C18H22N4O/c1-21-9-10-22(13-16-6-2-3-7-17(16)21)14-18(23)20-12-15-5-4-8-19-11-15/h2-8,11H,9-10,12-14H2,1H3,(H,20,23). The van der Waals surface area contributed by atoms with E-state index >= 15 is 0 Å². The van der Waals surface area contributed by atoms with Crippen LogP contribution in [0.2, 0.25) is 0 Å². The monoisotopic (exact) mass is 310 g/mol. The summed E-state index contributed by atoms with van der Waals surface area (Å²) < 4.78 is 0. The number of hydrogen-bond acceptors (Lipinski definition) is 4. The summed E-state index contributed by atoms with van der Waals surface area (Å²) in [5.74, 6) is 0.0517. The number of nitrogens with zero attached hydrogens (tertiary/aromatic N) is 3. The van der Waals surface area contributed by atoms with Gasteiger partial charge in [-0.25, -0.2) is 0 Å². The van der Waals surface area contributed by atoms with Gasteiger partial charge in [-0.05, 0) is 23.3 Å². The van der Waals surface area contributed by atoms with E-state index in [9.17, 15) is 4.79 Å². The van der Waals surface area contributed by atoms with Gasteiger partial charge in [0.05, 0.1) is 6.54 Å². The minimum absolute atomic E-state index is 0.0517. The zero-order chi connectivity index (χ0) is 16.1. The molecule has 1 aromatic heterocycles. The van der Waals surface area contributed by atoms with Crippen LogP contribution in [0.15, 0.2) is 48.8 Å². The van der Waals surface area contributed by atoms with Gasteiger partial charge in [-0.15, -0.1) is 0 Å². The molecule has 0 saturated heterocycles. The van der Waals surface area contributed by atoms with Gasteiger partial charge in [-0.2, -0.15) is 0 Å². The zero-order valence-corrected chi connectivity index (χ0v) is 13.4. The molecule has 0 spiro atoms. The van der Waals surface area contributed by atoms with Crippen molar-refractivity contribution in [3.05, 3.63) is 59.9 Å². The van der Waals surface area contributed by atoms with Crippen LogP contribution in [0.1, 0.15) is 11.1 Å². The minimum Gasteiger partial charge on any atom is -0.373 e. The van der Waals surface area contributed by atoms with Crippen molar-refractivity contribution in [3.8, 4) is 0 Å². The number of benzene rings is 1. The van der Waals surface area contributed by atoms with Crippen LogP contribution in [0.4, 0.5) is 5.69 Å². The number of nitrogens with one attached hydrogen (secondary N) is 1. The maximum atomic E-state index is 12.2. The molecule has 1 aliphatic heterocycles. The first-order chi connectivity index (χ1) is 11.2. The minimum atomic E-state index is 0.0517. The van der Waals surface area contributed by atoms with Gasteiger partial charge in [0.25, 0.3) is 0 Å². The number of likely N-dealkylation sites (N-methyl/N-ethyl adjacent to an activating group) is 1. The second-order valence-corrected chi connectivity index (χ2v) is 5.90. The van der Waals surface area contributed by atoms with Crippen molar-refractivity contribution in [1.82, 2.24) is 15.2 Å². The van der Waals surface area contributed by atoms with E-state index in [-0.39, 0.29) is 5.91 Å². The molecule has 0 bridgehead atoms. The third kappa shape index (κ3) is 4.07. The molecule has 0 fully saturated rings. The summed E-state index contributed by atoms with van der Waals surface area (Å²) in [5, 5.41) is 2.97. The normalized spacial score (nSPS) is 14.9. The van der Waals surface area contributed by atoms with Crippen LogP contribution in [-0.2, 0) is 17.9 Å². The highest BCUT2D eigenvalue weighted by molar-refractivity contribution is 5.78. The topological polar surface area (TPSA) is 48.5 Å². The highest BCUT2D eigenvalue weighted by atomic mass is 16.2. The second-order valence-electron chi connectivity index (χ2n) is 5.90. The fourth-order valence-corrected chi connectivity index (χ4v) is 2.85. The molecule has 5 nitrogen and oxygen atoms in total. The maximum Gasteiger partial charge on any atom is 0.234 e. The summed E-state index contributed by atoms with van der Waals surface area (Å²) >= 11 is 0. The van der Waals surface area contributed by atoms with E-state index < -0.39 is 0 Å². The molecule has 3 rings (SSSR count). The lowest BCUT2D eigenvalue weighted by Gasteiger charge is -2.20. The Morgan fingerprint density at radius 2 is 2.09 bits per heavy atom. The fraction of sp³-hybridized carbons (Fsp3) is 0.333. The molecule has 1 aliphatic rings. The Kier molecular flexibility index (Phi) is 4.88. The van der Waals surface area contributed by atoms with E-state index in [1.54, 1.807) is 12.4 Å². The average molecular weight is 310 g/mol. The van der Waals surface area contributed by atoms with E-state index in [0.29, 0.717) is 13.1 Å². The summed E-state index contributed by atoms with van der Waals surface area (Å²) in [5.41, 5.74) is 3.54. The van der Waals surface area contributed by atoms with Crippen LogP contribution in [0.5, 0.6) is 0 Å². The van der Waals surface area contributed by atoms with Gasteiger partial charge in [0.2, 0.25) is 5.91 Å². The molecule has 5 heteroatoms. The Labute approximate surface area is 136 Å². The van der Waals surface area contributed by atoms with Gasteiger partial charge in [0.15, 0.2) is 0 Å². The van der Waals surface area contributed by atoms with Crippen molar-refractivity contribution in [1.29, 1.82) is 0 Å². The molecule has 0 radical (unpaired) electrons. The Morgan fingerprint density at radius 3 is 2.91 bits per heavy atom. The molecule has 23 heavy (non-hydrogen) atoms. The molecule has 1 aromatic carbocycles. The molecule has 2 heterocycles. The number of pyridine rings is 1. The number of fused-ring (bicyclic) bond motifs is 1. The smallest absolute Gasteiger partial charge is 0.234 e. The Hall–Kier alpha value is -2.40. The molecule has 1 N–H and O–H groups in total. The quantitative estimate of drug-likeness (QED) is 0.933. The molecular weight excluding hydrogens is 288 g/mol. The highest BCUT2D eigenvalue weighted by Crippen LogP contribution is 2.23. The third-order valence-corrected chi connectivity index (χ3v) is 4.13. The first-order valence-corrected chi connectivity index (χ1v) is 7.89. The van der Waals surface area contributed by atoms with Crippen molar-refractivity contribution in [2.45, 2.75) is 13.1 Å². The summed E-state index contributed by atoms with van der Waals surface area (Å²) in [6.07, 6.45) is 3.51. The van der Waals surface area contributed by atoms with Crippen molar-refractivity contribution < 1.29 is 4.79 Å². The molecule has 120 valence electrons. The Balaban J connectivity index is 1.57. The van der Waals surface area contributed by atoms with Crippen molar-refractivity contribution in [2.75, 3.05) is 31.6 Å². The van der Waals surface area contributed by atoms with Crippen LogP contribution in [0.25, 0.3) is 0 Å². The number of amides is 1. The van der Waals surface area contributed by atoms with Crippen molar-refractivity contribution in [3.63, 3.8) is 0 Å². The van der Waals surface area contributed by atoms with E-state index in [1.807, 2.05) is 12.1 Å². The lowest BCUT2D eigenvalue weighted by atomic mass is 10.1. The van der Waals surface area contributed by atoms with Gasteiger partial charge in [0.1, 0.15) is 0 Å². The van der Waals surface area contributed by atoms with Crippen LogP contribution >= 0.6 is 0 Å². The lowest BCUT2D eigenvalue weighted by molar-refractivity contribution is -0.122. The predicted octanol–water partition coefficient (Wildman–Crippen LogP) is 1.65. The second kappa shape index (κ2) is 7.24. The molecule has 0 aliphatic carbocycles. The maximum absolute atomic E-state index is 12.2. The molecule has 2 aromatic rings. The number of aromatic nitrogens is 1. The number of carbonyl (C=O) groups is 1. The number of hydrogen-bond donors (Lipinski definition) is 1. The van der Waals surface area contributed by atoms with Crippen molar-refractivity contribution in [2.24, 2.45) is 0 Å².